The summed E-state index contributed by atoms with van der Waals surface area (Å²) < 4.78 is 0. The maximum Gasteiger partial charge on any atom is 0.240 e. The van der Waals surface area contributed by atoms with Crippen LogP contribution in [-0.4, -0.2) is 41.4 Å². The molecule has 2 amide bonds. The molecule has 1 unspecified atom stereocenters. The summed E-state index contributed by atoms with van der Waals surface area (Å²) in [4.78, 5) is 26.8. The molecule has 5 nitrogen and oxygen atoms in total. The smallest absolute Gasteiger partial charge is 0.240 e. The number of rotatable bonds is 5. The van der Waals surface area contributed by atoms with Gasteiger partial charge in [0.2, 0.25) is 11.8 Å². The first-order chi connectivity index (χ1) is 12.1. The van der Waals surface area contributed by atoms with Crippen LogP contribution in [0.15, 0.2) is 30.3 Å². The highest BCUT2D eigenvalue weighted by Gasteiger charge is 2.37. The van der Waals surface area contributed by atoms with Crippen LogP contribution < -0.4 is 11.1 Å². The summed E-state index contributed by atoms with van der Waals surface area (Å²) in [5.74, 6) is 0.136. The van der Waals surface area contributed by atoms with Crippen LogP contribution in [0, 0.1) is 0 Å². The lowest BCUT2D eigenvalue weighted by molar-refractivity contribution is -0.131. The van der Waals surface area contributed by atoms with Crippen molar-refractivity contribution in [1.82, 2.24) is 10.2 Å². The van der Waals surface area contributed by atoms with E-state index in [-0.39, 0.29) is 30.3 Å². The fourth-order valence-electron chi connectivity index (χ4n) is 3.90. The molecule has 26 heavy (non-hydrogen) atoms. The van der Waals surface area contributed by atoms with Crippen molar-refractivity contribution in [3.05, 3.63) is 35.9 Å². The maximum atomic E-state index is 12.5. The Morgan fingerprint density at radius 3 is 2.54 bits per heavy atom. The summed E-state index contributed by atoms with van der Waals surface area (Å²) >= 11 is 0. The monoisotopic (exact) mass is 379 g/mol. The van der Waals surface area contributed by atoms with Crippen molar-refractivity contribution < 1.29 is 9.59 Å². The number of amides is 2. The average Bonchev–Trinajstić information content (AvgIpc) is 3.10. The van der Waals surface area contributed by atoms with E-state index in [0.717, 1.165) is 45.1 Å². The van der Waals surface area contributed by atoms with Crippen molar-refractivity contribution in [2.75, 3.05) is 13.1 Å². The molecule has 2 aliphatic rings. The second-order valence-electron chi connectivity index (χ2n) is 7.50. The molecule has 2 fully saturated rings. The number of carbonyl (C=O) groups is 2. The van der Waals surface area contributed by atoms with E-state index in [1.165, 1.54) is 12.0 Å². The molecule has 0 bridgehead atoms. The molecule has 3 N–H and O–H groups in total. The van der Waals surface area contributed by atoms with E-state index in [2.05, 4.69) is 5.32 Å². The Kier molecular flexibility index (Phi) is 7.47. The molecule has 1 aliphatic heterocycles. The predicted molar refractivity (Wildman–Crippen MR) is 105 cm³/mol. The molecule has 1 aromatic carbocycles. The normalized spacial score (nSPS) is 21.7. The van der Waals surface area contributed by atoms with E-state index < -0.39 is 5.54 Å². The first-order valence-corrected chi connectivity index (χ1v) is 9.48. The fraction of sp³-hybridized carbons (Fsp3) is 0.600. The first kappa shape index (κ1) is 20.7. The van der Waals surface area contributed by atoms with Crippen molar-refractivity contribution in [2.24, 2.45) is 5.73 Å². The van der Waals surface area contributed by atoms with Gasteiger partial charge in [0.1, 0.15) is 0 Å². The highest BCUT2D eigenvalue weighted by molar-refractivity contribution is 5.86. The molecule has 1 heterocycles. The quantitative estimate of drug-likeness (QED) is 0.824. The van der Waals surface area contributed by atoms with E-state index in [1.54, 1.807) is 0 Å². The summed E-state index contributed by atoms with van der Waals surface area (Å²) in [6.07, 6.45) is 6.86. The van der Waals surface area contributed by atoms with Crippen LogP contribution in [0.1, 0.15) is 50.5 Å². The molecule has 6 heteroatoms. The van der Waals surface area contributed by atoms with Crippen molar-refractivity contribution in [3.8, 4) is 0 Å². The zero-order valence-corrected chi connectivity index (χ0v) is 16.1. The number of carbonyl (C=O) groups excluding carboxylic acids is 2. The summed E-state index contributed by atoms with van der Waals surface area (Å²) in [5, 5.41) is 3.09. The number of hydrogen-bond donors (Lipinski definition) is 2. The first-order valence-electron chi connectivity index (χ1n) is 9.48. The van der Waals surface area contributed by atoms with Crippen LogP contribution in [-0.2, 0) is 16.0 Å². The van der Waals surface area contributed by atoms with Gasteiger partial charge in [-0.25, -0.2) is 0 Å². The van der Waals surface area contributed by atoms with Gasteiger partial charge >= 0.3 is 0 Å². The van der Waals surface area contributed by atoms with Crippen LogP contribution >= 0.6 is 12.4 Å². The van der Waals surface area contributed by atoms with Crippen molar-refractivity contribution in [3.63, 3.8) is 0 Å². The molecule has 1 saturated heterocycles. The zero-order chi connectivity index (χ0) is 17.7. The molecule has 0 spiro atoms. The van der Waals surface area contributed by atoms with Crippen LogP contribution in [0.2, 0.25) is 0 Å². The van der Waals surface area contributed by atoms with Gasteiger partial charge in [-0.05, 0) is 31.2 Å². The van der Waals surface area contributed by atoms with E-state index in [9.17, 15) is 9.59 Å². The number of hydrogen-bond acceptors (Lipinski definition) is 3. The predicted octanol–water partition coefficient (Wildman–Crippen LogP) is 2.42. The molecule has 1 saturated carbocycles. The molecule has 1 aliphatic carbocycles. The van der Waals surface area contributed by atoms with E-state index >= 15 is 0 Å². The number of halogens is 1. The van der Waals surface area contributed by atoms with Gasteiger partial charge in [-0.1, -0.05) is 49.6 Å². The number of nitrogens with one attached hydrogen (secondary N) is 1. The summed E-state index contributed by atoms with van der Waals surface area (Å²) in [5.41, 5.74) is 6.77. The van der Waals surface area contributed by atoms with Gasteiger partial charge < -0.3 is 16.0 Å². The van der Waals surface area contributed by atoms with Crippen molar-refractivity contribution in [2.45, 2.75) is 62.9 Å². The Hall–Kier alpha value is -1.59. The Bertz CT molecular complexity index is 602. The highest BCUT2D eigenvalue weighted by Crippen LogP contribution is 2.26. The van der Waals surface area contributed by atoms with Crippen LogP contribution in [0.5, 0.6) is 0 Å². The van der Waals surface area contributed by atoms with Gasteiger partial charge in [-0.2, -0.15) is 0 Å². The minimum Gasteiger partial charge on any atom is -0.350 e. The Morgan fingerprint density at radius 2 is 1.85 bits per heavy atom. The van der Waals surface area contributed by atoms with Gasteiger partial charge in [0, 0.05) is 25.6 Å². The fourth-order valence-corrected chi connectivity index (χ4v) is 3.90. The summed E-state index contributed by atoms with van der Waals surface area (Å²) in [6.45, 7) is 1.32. The average molecular weight is 380 g/mol. The van der Waals surface area contributed by atoms with Gasteiger partial charge in [-0.3, -0.25) is 9.59 Å². The number of nitrogens with zero attached hydrogens (tertiary/aromatic N) is 1. The molecule has 1 aromatic rings. The molecule has 1 atom stereocenters. The van der Waals surface area contributed by atoms with E-state index in [4.69, 9.17) is 5.73 Å². The highest BCUT2D eigenvalue weighted by atomic mass is 35.5. The van der Waals surface area contributed by atoms with Crippen molar-refractivity contribution in [1.29, 1.82) is 0 Å². The topological polar surface area (TPSA) is 75.4 Å². The van der Waals surface area contributed by atoms with Crippen LogP contribution in [0.4, 0.5) is 0 Å². The molecule has 0 aromatic heterocycles. The standard InChI is InChI=1S/C20H29N3O2.ClH/c21-20(12-5-2-6-13-20)19(25)22-17-11-14-23(15-17)18(24)10-9-16-7-3-1-4-8-16;/h1,3-4,7-8,17H,2,5-6,9-15,21H2,(H,22,25);1H. The lowest BCUT2D eigenvalue weighted by atomic mass is 9.82. The Morgan fingerprint density at radius 1 is 1.15 bits per heavy atom. The zero-order valence-electron chi connectivity index (χ0n) is 15.3. The second kappa shape index (κ2) is 9.38. The Labute approximate surface area is 162 Å². The lowest BCUT2D eigenvalue weighted by Gasteiger charge is -2.33. The maximum absolute atomic E-state index is 12.5. The SMILES string of the molecule is Cl.NC1(C(=O)NC2CCN(C(=O)CCc3ccccc3)C2)CCCCC1. The summed E-state index contributed by atoms with van der Waals surface area (Å²) in [6, 6.07) is 10.1. The number of benzene rings is 1. The number of nitrogens with two attached hydrogens (primary N) is 1. The van der Waals surface area contributed by atoms with Crippen LogP contribution in [0.25, 0.3) is 0 Å². The van der Waals surface area contributed by atoms with Gasteiger partial charge in [0.05, 0.1) is 5.54 Å². The minimum absolute atomic E-state index is 0. The van der Waals surface area contributed by atoms with E-state index in [1.807, 2.05) is 35.2 Å². The van der Waals surface area contributed by atoms with Crippen LogP contribution in [0.3, 0.4) is 0 Å². The third-order valence-electron chi connectivity index (χ3n) is 5.54. The van der Waals surface area contributed by atoms with Gasteiger partial charge in [-0.15, -0.1) is 12.4 Å². The lowest BCUT2D eigenvalue weighted by Crippen LogP contribution is -2.57. The van der Waals surface area contributed by atoms with Crippen molar-refractivity contribution >= 4 is 24.2 Å². The number of aryl methyl sites for hydroxylation is 1. The minimum atomic E-state index is -0.705. The second-order valence-corrected chi connectivity index (χ2v) is 7.50. The number of likely N-dealkylation sites (tertiary alicyclic amines) is 1. The molecule has 0 radical (unpaired) electrons. The Balaban J connectivity index is 0.00000243. The van der Waals surface area contributed by atoms with Gasteiger partial charge in [0.15, 0.2) is 0 Å². The molecular formula is C20H30ClN3O2. The third kappa shape index (κ3) is 5.21. The third-order valence-corrected chi connectivity index (χ3v) is 5.54. The molecular weight excluding hydrogens is 350 g/mol. The molecule has 3 rings (SSSR count). The summed E-state index contributed by atoms with van der Waals surface area (Å²) in [7, 11) is 0. The largest absolute Gasteiger partial charge is 0.350 e. The van der Waals surface area contributed by atoms with E-state index in [0.29, 0.717) is 13.0 Å². The molecule has 144 valence electrons. The van der Waals surface area contributed by atoms with Gasteiger partial charge in [0.25, 0.3) is 0 Å².